The Labute approximate surface area is 117 Å². The Bertz CT molecular complexity index is 359. The molecule has 0 rings (SSSR count). The van der Waals surface area contributed by atoms with Crippen LogP contribution in [-0.2, 0) is 4.79 Å². The molecule has 0 fully saturated rings. The van der Waals surface area contributed by atoms with Gasteiger partial charge in [0.15, 0.2) is 0 Å². The van der Waals surface area contributed by atoms with Crippen LogP contribution in [0.3, 0.4) is 0 Å². The number of hydrogen-bond acceptors (Lipinski definition) is 2. The molecule has 2 unspecified atom stereocenters. The maximum absolute atomic E-state index is 12.0. The van der Waals surface area contributed by atoms with Gasteiger partial charge in [0.25, 0.3) is 0 Å². The Morgan fingerprint density at radius 1 is 1.16 bits per heavy atom. The molecule has 1 N–H and O–H groups in total. The molecule has 0 aliphatic carbocycles. The summed E-state index contributed by atoms with van der Waals surface area (Å²) in [6, 6.07) is 0. The van der Waals surface area contributed by atoms with Gasteiger partial charge in [-0.3, -0.25) is 4.79 Å². The van der Waals surface area contributed by atoms with Crippen molar-refractivity contribution in [3.63, 3.8) is 0 Å². The van der Waals surface area contributed by atoms with Crippen LogP contribution in [0.5, 0.6) is 0 Å². The number of aliphatic hydroxyl groups is 1. The number of carbonyl (C=O) groups excluding carboxylic acids is 1. The molecular formula is C17H28O2. The normalized spacial score (nSPS) is 16.9. The van der Waals surface area contributed by atoms with Gasteiger partial charge in [-0.15, -0.1) is 13.2 Å². The molecule has 0 radical (unpaired) electrons. The summed E-state index contributed by atoms with van der Waals surface area (Å²) in [6.07, 6.45) is 7.80. The molecular weight excluding hydrogens is 236 g/mol. The molecule has 0 bridgehead atoms. The highest BCUT2D eigenvalue weighted by atomic mass is 16.3. The first-order chi connectivity index (χ1) is 8.64. The average Bonchev–Trinajstić information content (AvgIpc) is 2.27. The van der Waals surface area contributed by atoms with Crippen LogP contribution in [0.1, 0.15) is 53.4 Å². The topological polar surface area (TPSA) is 37.3 Å². The van der Waals surface area contributed by atoms with E-state index in [2.05, 4.69) is 33.1 Å². The predicted molar refractivity (Wildman–Crippen MR) is 82.0 cm³/mol. The zero-order valence-electron chi connectivity index (χ0n) is 12.8. The first-order valence-corrected chi connectivity index (χ1v) is 6.79. The molecule has 0 aromatic heterocycles. The van der Waals surface area contributed by atoms with Crippen molar-refractivity contribution in [3.05, 3.63) is 37.0 Å². The maximum atomic E-state index is 12.0. The minimum Gasteiger partial charge on any atom is -0.386 e. The molecule has 0 heterocycles. The van der Waals surface area contributed by atoms with E-state index in [1.807, 2.05) is 13.0 Å². The standard InChI is InChI=1S/C17H28O2/c1-7-16(5,11-9-10-14(3)4)12-15(18)13-17(6,19)8-2/h7-8,10,19H,1-2,9,11-13H2,3-6H3. The Morgan fingerprint density at radius 3 is 2.16 bits per heavy atom. The fourth-order valence-corrected chi connectivity index (χ4v) is 1.94. The summed E-state index contributed by atoms with van der Waals surface area (Å²) in [5.41, 5.74) is -0.0355. The highest BCUT2D eigenvalue weighted by Crippen LogP contribution is 2.31. The van der Waals surface area contributed by atoms with Gasteiger partial charge in [0, 0.05) is 12.8 Å². The van der Waals surface area contributed by atoms with Crippen molar-refractivity contribution in [3.8, 4) is 0 Å². The number of allylic oxidation sites excluding steroid dienone is 3. The third-order valence-electron chi connectivity index (χ3n) is 3.36. The van der Waals surface area contributed by atoms with Crippen LogP contribution in [0, 0.1) is 5.41 Å². The summed E-state index contributed by atoms with van der Waals surface area (Å²) >= 11 is 0. The lowest BCUT2D eigenvalue weighted by Crippen LogP contribution is -2.28. The van der Waals surface area contributed by atoms with E-state index in [0.717, 1.165) is 12.8 Å². The number of ketones is 1. The van der Waals surface area contributed by atoms with Crippen LogP contribution in [0.4, 0.5) is 0 Å². The summed E-state index contributed by atoms with van der Waals surface area (Å²) in [6.45, 7) is 15.2. The van der Waals surface area contributed by atoms with E-state index in [-0.39, 0.29) is 17.6 Å². The van der Waals surface area contributed by atoms with E-state index in [1.54, 1.807) is 6.92 Å². The minimum absolute atomic E-state index is 0.0458. The van der Waals surface area contributed by atoms with Gasteiger partial charge >= 0.3 is 0 Å². The predicted octanol–water partition coefficient (Wildman–Crippen LogP) is 4.21. The lowest BCUT2D eigenvalue weighted by atomic mass is 9.79. The zero-order valence-corrected chi connectivity index (χ0v) is 12.8. The molecule has 0 aromatic rings. The molecule has 2 atom stereocenters. The number of hydrogen-bond donors (Lipinski definition) is 1. The fraction of sp³-hybridized carbons (Fsp3) is 0.588. The SMILES string of the molecule is C=CC(C)(O)CC(=O)CC(C)(C=C)CCC=C(C)C. The van der Waals surface area contributed by atoms with Gasteiger partial charge in [-0.1, -0.05) is 30.7 Å². The van der Waals surface area contributed by atoms with Gasteiger partial charge in [-0.25, -0.2) is 0 Å². The van der Waals surface area contributed by atoms with E-state index >= 15 is 0 Å². The van der Waals surface area contributed by atoms with Gasteiger partial charge in [0.2, 0.25) is 0 Å². The van der Waals surface area contributed by atoms with E-state index in [9.17, 15) is 9.90 Å². The van der Waals surface area contributed by atoms with Gasteiger partial charge in [0.05, 0.1) is 5.60 Å². The van der Waals surface area contributed by atoms with Crippen molar-refractivity contribution in [1.29, 1.82) is 0 Å². The maximum Gasteiger partial charge on any atom is 0.136 e. The van der Waals surface area contributed by atoms with Crippen molar-refractivity contribution in [1.82, 2.24) is 0 Å². The molecule has 108 valence electrons. The average molecular weight is 264 g/mol. The smallest absolute Gasteiger partial charge is 0.136 e. The third-order valence-corrected chi connectivity index (χ3v) is 3.36. The third kappa shape index (κ3) is 7.78. The van der Waals surface area contributed by atoms with Crippen LogP contribution < -0.4 is 0 Å². The van der Waals surface area contributed by atoms with E-state index in [0.29, 0.717) is 6.42 Å². The van der Waals surface area contributed by atoms with Gasteiger partial charge < -0.3 is 5.11 Å². The van der Waals surface area contributed by atoms with Crippen LogP contribution in [0.2, 0.25) is 0 Å². The van der Waals surface area contributed by atoms with Crippen LogP contribution >= 0.6 is 0 Å². The summed E-state index contributed by atoms with van der Waals surface area (Å²) < 4.78 is 0. The number of carbonyl (C=O) groups is 1. The Kier molecular flexibility index (Phi) is 6.99. The van der Waals surface area contributed by atoms with Crippen LogP contribution in [0.25, 0.3) is 0 Å². The number of Topliss-reactive ketones (excluding diaryl/α,β-unsaturated/α-hetero) is 1. The molecule has 19 heavy (non-hydrogen) atoms. The quantitative estimate of drug-likeness (QED) is 0.633. The second-order valence-electron chi connectivity index (χ2n) is 6.13. The summed E-state index contributed by atoms with van der Waals surface area (Å²) in [7, 11) is 0. The van der Waals surface area contributed by atoms with Crippen molar-refractivity contribution in [2.24, 2.45) is 5.41 Å². The van der Waals surface area contributed by atoms with Crippen LogP contribution in [0.15, 0.2) is 37.0 Å². The van der Waals surface area contributed by atoms with Crippen molar-refractivity contribution >= 4 is 5.78 Å². The monoisotopic (exact) mass is 264 g/mol. The number of rotatable bonds is 9. The van der Waals surface area contributed by atoms with E-state index in [1.165, 1.54) is 11.6 Å². The Balaban J connectivity index is 4.53. The molecule has 0 spiro atoms. The molecule has 0 amide bonds. The first kappa shape index (κ1) is 17.8. The van der Waals surface area contributed by atoms with Gasteiger partial charge in [-0.05, 0) is 39.0 Å². The highest BCUT2D eigenvalue weighted by Gasteiger charge is 2.27. The summed E-state index contributed by atoms with van der Waals surface area (Å²) in [4.78, 5) is 12.0. The molecule has 0 aromatic carbocycles. The van der Waals surface area contributed by atoms with Crippen molar-refractivity contribution in [2.75, 3.05) is 0 Å². The second-order valence-corrected chi connectivity index (χ2v) is 6.13. The lowest BCUT2D eigenvalue weighted by Gasteiger charge is -2.26. The van der Waals surface area contributed by atoms with Crippen molar-refractivity contribution in [2.45, 2.75) is 59.0 Å². The van der Waals surface area contributed by atoms with E-state index < -0.39 is 5.60 Å². The van der Waals surface area contributed by atoms with Gasteiger partial charge in [-0.2, -0.15) is 0 Å². The zero-order chi connectivity index (χ0) is 15.1. The highest BCUT2D eigenvalue weighted by molar-refractivity contribution is 5.80. The Morgan fingerprint density at radius 2 is 1.74 bits per heavy atom. The minimum atomic E-state index is -1.11. The molecule has 0 saturated carbocycles. The fourth-order valence-electron chi connectivity index (χ4n) is 1.94. The second kappa shape index (κ2) is 7.44. The molecule has 2 heteroatoms. The summed E-state index contributed by atoms with van der Waals surface area (Å²) in [5.74, 6) is 0.0458. The Hall–Kier alpha value is -1.15. The van der Waals surface area contributed by atoms with Crippen LogP contribution in [-0.4, -0.2) is 16.5 Å². The largest absolute Gasteiger partial charge is 0.386 e. The van der Waals surface area contributed by atoms with Crippen molar-refractivity contribution < 1.29 is 9.90 Å². The molecule has 0 saturated heterocycles. The molecule has 2 nitrogen and oxygen atoms in total. The van der Waals surface area contributed by atoms with E-state index in [4.69, 9.17) is 0 Å². The molecule has 0 aliphatic heterocycles. The summed E-state index contributed by atoms with van der Waals surface area (Å²) in [5, 5.41) is 9.84. The lowest BCUT2D eigenvalue weighted by molar-refractivity contribution is -0.123. The molecule has 0 aliphatic rings. The first-order valence-electron chi connectivity index (χ1n) is 6.79. The van der Waals surface area contributed by atoms with Gasteiger partial charge in [0.1, 0.15) is 5.78 Å².